The van der Waals surface area contributed by atoms with Gasteiger partial charge in [0.1, 0.15) is 0 Å². The second-order valence-electron chi connectivity index (χ2n) is 5.18. The first-order chi connectivity index (χ1) is 8.99. The van der Waals surface area contributed by atoms with E-state index in [-0.39, 0.29) is 5.91 Å². The topological polar surface area (TPSA) is 42.0 Å². The summed E-state index contributed by atoms with van der Waals surface area (Å²) < 4.78 is 0. The quantitative estimate of drug-likeness (QED) is 0.914. The lowest BCUT2D eigenvalue weighted by Gasteiger charge is -2.26. The van der Waals surface area contributed by atoms with Gasteiger partial charge < -0.3 is 5.32 Å². The minimum atomic E-state index is -0.427. The van der Waals surface area contributed by atoms with Gasteiger partial charge in [-0.15, -0.1) is 0 Å². The zero-order valence-corrected chi connectivity index (χ0v) is 11.5. The van der Waals surface area contributed by atoms with E-state index < -0.39 is 5.54 Å². The predicted molar refractivity (Wildman–Crippen MR) is 75.9 cm³/mol. The molecule has 0 unspecified atom stereocenters. The van der Waals surface area contributed by atoms with Crippen LogP contribution in [-0.2, 0) is 5.54 Å². The van der Waals surface area contributed by atoms with Crippen molar-refractivity contribution in [2.75, 3.05) is 0 Å². The second kappa shape index (κ2) is 5.22. The van der Waals surface area contributed by atoms with Crippen LogP contribution < -0.4 is 5.32 Å². The zero-order chi connectivity index (χ0) is 13.9. The molecule has 1 heterocycles. The highest BCUT2D eigenvalue weighted by atomic mass is 16.1. The van der Waals surface area contributed by atoms with Gasteiger partial charge in [-0.25, -0.2) is 0 Å². The molecule has 1 aromatic carbocycles. The van der Waals surface area contributed by atoms with Crippen LogP contribution in [0.3, 0.4) is 0 Å². The smallest absolute Gasteiger partial charge is 0.251 e. The van der Waals surface area contributed by atoms with Crippen molar-refractivity contribution in [1.82, 2.24) is 10.3 Å². The van der Waals surface area contributed by atoms with Crippen LogP contribution in [-0.4, -0.2) is 10.9 Å². The molecule has 0 saturated carbocycles. The number of carbonyl (C=O) groups excluding carboxylic acids is 1. The third kappa shape index (κ3) is 3.19. The number of rotatable bonds is 3. The molecule has 3 heteroatoms. The normalized spacial score (nSPS) is 11.1. The first kappa shape index (κ1) is 13.3. The van der Waals surface area contributed by atoms with Crippen LogP contribution in [0, 0.1) is 6.92 Å². The zero-order valence-electron chi connectivity index (χ0n) is 11.5. The first-order valence-electron chi connectivity index (χ1n) is 6.29. The van der Waals surface area contributed by atoms with E-state index >= 15 is 0 Å². The van der Waals surface area contributed by atoms with Crippen LogP contribution in [0.5, 0.6) is 0 Å². The summed E-state index contributed by atoms with van der Waals surface area (Å²) in [6.45, 7) is 5.94. The standard InChI is InChI=1S/C16H18N2O/c1-12-5-4-6-13(11-12)15(19)18-16(2,3)14-7-9-17-10-8-14/h4-11H,1-3H3,(H,18,19). The van der Waals surface area contributed by atoms with Crippen molar-refractivity contribution in [3.8, 4) is 0 Å². The number of nitrogens with one attached hydrogen (secondary N) is 1. The van der Waals surface area contributed by atoms with Crippen molar-refractivity contribution < 1.29 is 4.79 Å². The molecular weight excluding hydrogens is 236 g/mol. The highest BCUT2D eigenvalue weighted by Gasteiger charge is 2.23. The molecule has 0 aliphatic heterocycles. The third-order valence-corrected chi connectivity index (χ3v) is 3.11. The predicted octanol–water partition coefficient (Wildman–Crippen LogP) is 3.06. The monoisotopic (exact) mass is 254 g/mol. The van der Waals surface area contributed by atoms with Gasteiger partial charge in [-0.2, -0.15) is 0 Å². The summed E-state index contributed by atoms with van der Waals surface area (Å²) >= 11 is 0. The van der Waals surface area contributed by atoms with Gasteiger partial charge in [0.25, 0.3) is 5.91 Å². The maximum Gasteiger partial charge on any atom is 0.251 e. The number of hydrogen-bond acceptors (Lipinski definition) is 2. The van der Waals surface area contributed by atoms with Gasteiger partial charge in [-0.1, -0.05) is 17.7 Å². The Bertz CT molecular complexity index is 576. The summed E-state index contributed by atoms with van der Waals surface area (Å²) in [5.41, 5.74) is 2.36. The molecule has 2 aromatic rings. The van der Waals surface area contributed by atoms with Gasteiger partial charge >= 0.3 is 0 Å². The van der Waals surface area contributed by atoms with E-state index in [2.05, 4.69) is 10.3 Å². The van der Waals surface area contributed by atoms with Crippen molar-refractivity contribution in [1.29, 1.82) is 0 Å². The van der Waals surface area contributed by atoms with Gasteiger partial charge in [0.05, 0.1) is 5.54 Å². The number of hydrogen-bond donors (Lipinski definition) is 1. The molecule has 0 aliphatic rings. The fourth-order valence-corrected chi connectivity index (χ4v) is 1.98. The second-order valence-corrected chi connectivity index (χ2v) is 5.18. The van der Waals surface area contributed by atoms with E-state index in [9.17, 15) is 4.79 Å². The maximum atomic E-state index is 12.3. The Hall–Kier alpha value is -2.16. The molecule has 2 rings (SSSR count). The molecule has 1 amide bonds. The average molecular weight is 254 g/mol. The lowest BCUT2D eigenvalue weighted by molar-refractivity contribution is 0.0912. The minimum absolute atomic E-state index is 0.0643. The van der Waals surface area contributed by atoms with Crippen LogP contribution >= 0.6 is 0 Å². The largest absolute Gasteiger partial charge is 0.343 e. The highest BCUT2D eigenvalue weighted by molar-refractivity contribution is 5.94. The van der Waals surface area contributed by atoms with Crippen molar-refractivity contribution >= 4 is 5.91 Å². The number of aryl methyl sites for hydroxylation is 1. The molecule has 98 valence electrons. The number of carbonyl (C=O) groups is 1. The Morgan fingerprint density at radius 3 is 2.47 bits per heavy atom. The molecule has 0 bridgehead atoms. The Balaban J connectivity index is 2.19. The van der Waals surface area contributed by atoms with Crippen molar-refractivity contribution in [2.45, 2.75) is 26.3 Å². The van der Waals surface area contributed by atoms with Crippen LogP contribution in [0.15, 0.2) is 48.8 Å². The lowest BCUT2D eigenvalue weighted by atomic mass is 9.95. The Kier molecular flexibility index (Phi) is 3.65. The number of aromatic nitrogens is 1. The Morgan fingerprint density at radius 2 is 1.84 bits per heavy atom. The number of amides is 1. The summed E-state index contributed by atoms with van der Waals surface area (Å²) in [7, 11) is 0. The van der Waals surface area contributed by atoms with Crippen molar-refractivity contribution in [3.63, 3.8) is 0 Å². The molecular formula is C16H18N2O. The fraction of sp³-hybridized carbons (Fsp3) is 0.250. The van der Waals surface area contributed by atoms with E-state index in [1.165, 1.54) is 0 Å². The number of nitrogens with zero attached hydrogens (tertiary/aromatic N) is 1. The molecule has 0 radical (unpaired) electrons. The van der Waals surface area contributed by atoms with Gasteiger partial charge in [-0.05, 0) is 50.6 Å². The molecule has 0 fully saturated rings. The van der Waals surface area contributed by atoms with Crippen molar-refractivity contribution in [3.05, 3.63) is 65.5 Å². The van der Waals surface area contributed by atoms with E-state index in [1.807, 2.05) is 57.2 Å². The van der Waals surface area contributed by atoms with Crippen LogP contribution in [0.2, 0.25) is 0 Å². The van der Waals surface area contributed by atoms with Crippen LogP contribution in [0.25, 0.3) is 0 Å². The van der Waals surface area contributed by atoms with Crippen molar-refractivity contribution in [2.24, 2.45) is 0 Å². The molecule has 3 nitrogen and oxygen atoms in total. The number of pyridine rings is 1. The van der Waals surface area contributed by atoms with Gasteiger partial charge in [0, 0.05) is 18.0 Å². The molecule has 0 saturated heterocycles. The Labute approximate surface area is 113 Å². The summed E-state index contributed by atoms with van der Waals surface area (Å²) in [6, 6.07) is 11.4. The molecule has 0 aliphatic carbocycles. The summed E-state index contributed by atoms with van der Waals surface area (Å²) in [5, 5.41) is 3.05. The number of benzene rings is 1. The summed E-state index contributed by atoms with van der Waals surface area (Å²) in [4.78, 5) is 16.3. The van der Waals surface area contributed by atoms with Crippen LogP contribution in [0.1, 0.15) is 35.3 Å². The Morgan fingerprint density at radius 1 is 1.16 bits per heavy atom. The van der Waals surface area contributed by atoms with Gasteiger partial charge in [0.2, 0.25) is 0 Å². The van der Waals surface area contributed by atoms with E-state index in [0.29, 0.717) is 5.56 Å². The minimum Gasteiger partial charge on any atom is -0.343 e. The highest BCUT2D eigenvalue weighted by Crippen LogP contribution is 2.19. The maximum absolute atomic E-state index is 12.3. The fourth-order valence-electron chi connectivity index (χ4n) is 1.98. The molecule has 0 atom stereocenters. The summed E-state index contributed by atoms with van der Waals surface area (Å²) in [6.07, 6.45) is 3.46. The third-order valence-electron chi connectivity index (χ3n) is 3.11. The lowest BCUT2D eigenvalue weighted by Crippen LogP contribution is -2.41. The van der Waals surface area contributed by atoms with Crippen LogP contribution in [0.4, 0.5) is 0 Å². The van der Waals surface area contributed by atoms with Gasteiger partial charge in [0.15, 0.2) is 0 Å². The SMILES string of the molecule is Cc1cccc(C(=O)NC(C)(C)c2ccncc2)c1. The summed E-state index contributed by atoms with van der Waals surface area (Å²) in [5.74, 6) is -0.0643. The van der Waals surface area contributed by atoms with Gasteiger partial charge in [-0.3, -0.25) is 9.78 Å². The van der Waals surface area contributed by atoms with E-state index in [4.69, 9.17) is 0 Å². The molecule has 1 aromatic heterocycles. The molecule has 0 spiro atoms. The van der Waals surface area contributed by atoms with E-state index in [1.54, 1.807) is 12.4 Å². The molecule has 19 heavy (non-hydrogen) atoms. The molecule has 1 N–H and O–H groups in total. The average Bonchev–Trinajstić information content (AvgIpc) is 2.39. The van der Waals surface area contributed by atoms with E-state index in [0.717, 1.165) is 11.1 Å². The first-order valence-corrected chi connectivity index (χ1v) is 6.29.